The molecule has 0 aliphatic carbocycles. The molecule has 0 saturated heterocycles. The quantitative estimate of drug-likeness (QED) is 0.823. The number of benzene rings is 1. The zero-order valence-corrected chi connectivity index (χ0v) is 10.4. The number of alkyl halides is 3. The van der Waals surface area contributed by atoms with E-state index in [4.69, 9.17) is 4.74 Å². The van der Waals surface area contributed by atoms with Gasteiger partial charge < -0.3 is 9.94 Å². The number of nitrogens with zero attached hydrogens (tertiary/aromatic N) is 2. The Labute approximate surface area is 116 Å². The molecule has 2 rings (SSSR count). The summed E-state index contributed by atoms with van der Waals surface area (Å²) in [5.74, 6) is 0.183. The van der Waals surface area contributed by atoms with Gasteiger partial charge in [-0.25, -0.2) is 4.79 Å². The number of rotatable bonds is 1. The number of amides is 1. The van der Waals surface area contributed by atoms with Crippen LogP contribution in [0, 0.1) is 0 Å². The van der Waals surface area contributed by atoms with Gasteiger partial charge in [0, 0.05) is 6.20 Å². The molecule has 110 valence electrons. The molecule has 0 radical (unpaired) electrons. The summed E-state index contributed by atoms with van der Waals surface area (Å²) in [4.78, 5) is 14.8. The van der Waals surface area contributed by atoms with Gasteiger partial charge in [-0.2, -0.15) is 22.9 Å². The zero-order chi connectivity index (χ0) is 15.5. The SMILES string of the molecule is O=C(N=c1cc(C(F)(F)F)ccn1O)Oc1ccccc1. The van der Waals surface area contributed by atoms with E-state index in [1.54, 1.807) is 18.2 Å². The smallest absolute Gasteiger partial charge is 0.427 e. The highest BCUT2D eigenvalue weighted by atomic mass is 19.4. The van der Waals surface area contributed by atoms with E-state index in [9.17, 15) is 23.2 Å². The first kappa shape index (κ1) is 14.6. The predicted molar refractivity (Wildman–Crippen MR) is 64.6 cm³/mol. The fourth-order valence-corrected chi connectivity index (χ4v) is 1.45. The number of carbonyl (C=O) groups excluding carboxylic acids is 1. The van der Waals surface area contributed by atoms with Crippen molar-refractivity contribution >= 4 is 6.09 Å². The first-order chi connectivity index (χ1) is 9.86. The Bertz CT molecular complexity index is 709. The minimum atomic E-state index is -4.61. The number of pyridine rings is 1. The van der Waals surface area contributed by atoms with Gasteiger partial charge >= 0.3 is 12.3 Å². The van der Waals surface area contributed by atoms with Gasteiger partial charge in [-0.3, -0.25) is 0 Å². The third-order valence-electron chi connectivity index (χ3n) is 2.40. The highest BCUT2D eigenvalue weighted by Crippen LogP contribution is 2.27. The predicted octanol–water partition coefficient (Wildman–Crippen LogP) is 2.84. The van der Waals surface area contributed by atoms with E-state index >= 15 is 0 Å². The van der Waals surface area contributed by atoms with Crippen molar-refractivity contribution in [1.82, 2.24) is 4.73 Å². The summed E-state index contributed by atoms with van der Waals surface area (Å²) in [7, 11) is 0. The van der Waals surface area contributed by atoms with Crippen LogP contribution in [0.5, 0.6) is 5.75 Å². The van der Waals surface area contributed by atoms with Crippen LogP contribution in [0.1, 0.15) is 5.56 Å². The molecular weight excluding hydrogens is 289 g/mol. The minimum absolute atomic E-state index is 0.183. The Kier molecular flexibility index (Phi) is 3.97. The van der Waals surface area contributed by atoms with Crippen LogP contribution in [-0.2, 0) is 6.18 Å². The summed E-state index contributed by atoms with van der Waals surface area (Å²) in [5, 5.41) is 9.36. The van der Waals surface area contributed by atoms with Crippen LogP contribution in [0.15, 0.2) is 53.7 Å². The van der Waals surface area contributed by atoms with Crippen molar-refractivity contribution in [2.45, 2.75) is 6.18 Å². The van der Waals surface area contributed by atoms with Crippen LogP contribution in [0.3, 0.4) is 0 Å². The monoisotopic (exact) mass is 298 g/mol. The normalized spacial score (nSPS) is 12.2. The Balaban J connectivity index is 2.30. The molecule has 1 aromatic heterocycles. The third kappa shape index (κ3) is 3.85. The van der Waals surface area contributed by atoms with Crippen LogP contribution in [0.4, 0.5) is 18.0 Å². The van der Waals surface area contributed by atoms with Crippen molar-refractivity contribution in [3.8, 4) is 5.75 Å². The molecule has 8 heteroatoms. The largest absolute Gasteiger partial charge is 0.441 e. The summed E-state index contributed by atoms with van der Waals surface area (Å²) in [6.07, 6.45) is -5.03. The lowest BCUT2D eigenvalue weighted by Gasteiger charge is -2.07. The van der Waals surface area contributed by atoms with Crippen LogP contribution in [-0.4, -0.2) is 16.0 Å². The van der Waals surface area contributed by atoms with E-state index in [-0.39, 0.29) is 5.75 Å². The number of para-hydroxylation sites is 1. The number of ether oxygens (including phenoxy) is 1. The fourth-order valence-electron chi connectivity index (χ4n) is 1.45. The van der Waals surface area contributed by atoms with Gasteiger partial charge in [-0.05, 0) is 24.3 Å². The van der Waals surface area contributed by atoms with E-state index in [0.29, 0.717) is 16.9 Å². The maximum absolute atomic E-state index is 12.5. The molecule has 0 aliphatic rings. The molecule has 0 spiro atoms. The topological polar surface area (TPSA) is 63.8 Å². The summed E-state index contributed by atoms with van der Waals surface area (Å²) in [5.41, 5.74) is -1.63. The van der Waals surface area contributed by atoms with Gasteiger partial charge in [0.1, 0.15) is 5.75 Å². The number of hydrogen-bond acceptors (Lipinski definition) is 3. The zero-order valence-electron chi connectivity index (χ0n) is 10.4. The van der Waals surface area contributed by atoms with Crippen LogP contribution in [0.25, 0.3) is 0 Å². The molecule has 21 heavy (non-hydrogen) atoms. The summed E-state index contributed by atoms with van der Waals surface area (Å²) >= 11 is 0. The molecule has 0 unspecified atom stereocenters. The molecule has 0 bridgehead atoms. The highest BCUT2D eigenvalue weighted by molar-refractivity contribution is 5.71. The molecule has 1 amide bonds. The van der Waals surface area contributed by atoms with Crippen molar-refractivity contribution < 1.29 is 27.9 Å². The van der Waals surface area contributed by atoms with E-state index in [1.165, 1.54) is 12.1 Å². The maximum atomic E-state index is 12.5. The Hall–Kier alpha value is -2.77. The van der Waals surface area contributed by atoms with Gasteiger partial charge in [0.25, 0.3) is 0 Å². The lowest BCUT2D eigenvalue weighted by atomic mass is 10.2. The molecule has 0 saturated carbocycles. The third-order valence-corrected chi connectivity index (χ3v) is 2.40. The lowest BCUT2D eigenvalue weighted by molar-refractivity contribution is -0.137. The Morgan fingerprint density at radius 3 is 2.48 bits per heavy atom. The van der Waals surface area contributed by atoms with Gasteiger partial charge in [-0.1, -0.05) is 18.2 Å². The Morgan fingerprint density at radius 1 is 1.19 bits per heavy atom. The van der Waals surface area contributed by atoms with E-state index in [0.717, 1.165) is 6.20 Å². The molecule has 0 fully saturated rings. The number of aromatic nitrogens is 1. The van der Waals surface area contributed by atoms with Gasteiger partial charge in [0.2, 0.25) is 0 Å². The standard InChI is InChI=1S/C13H9F3N2O3/c14-13(15,16)9-6-7-18(20)11(8-9)17-12(19)21-10-4-2-1-3-5-10/h1-8,20H. The van der Waals surface area contributed by atoms with Crippen LogP contribution in [0.2, 0.25) is 0 Å². The minimum Gasteiger partial charge on any atom is -0.427 e. The molecule has 0 atom stereocenters. The molecule has 1 heterocycles. The van der Waals surface area contributed by atoms with E-state index < -0.39 is 23.3 Å². The van der Waals surface area contributed by atoms with Gasteiger partial charge in [0.05, 0.1) is 5.56 Å². The van der Waals surface area contributed by atoms with Crippen molar-refractivity contribution in [2.75, 3.05) is 0 Å². The second-order valence-corrected chi connectivity index (χ2v) is 3.91. The highest BCUT2D eigenvalue weighted by Gasteiger charge is 2.30. The second-order valence-electron chi connectivity index (χ2n) is 3.91. The Morgan fingerprint density at radius 2 is 1.86 bits per heavy atom. The molecule has 5 nitrogen and oxygen atoms in total. The number of halogens is 3. The molecular formula is C13H9F3N2O3. The summed E-state index contributed by atoms with van der Waals surface area (Å²) in [6.45, 7) is 0. The molecule has 1 aromatic carbocycles. The van der Waals surface area contributed by atoms with Crippen LogP contribution >= 0.6 is 0 Å². The van der Waals surface area contributed by atoms with Gasteiger partial charge in [-0.15, -0.1) is 0 Å². The van der Waals surface area contributed by atoms with Gasteiger partial charge in [0.15, 0.2) is 5.49 Å². The summed E-state index contributed by atoms with van der Waals surface area (Å²) in [6, 6.07) is 9.06. The average Bonchev–Trinajstić information content (AvgIpc) is 2.41. The number of hydrogen-bond donors (Lipinski definition) is 1. The average molecular weight is 298 g/mol. The van der Waals surface area contributed by atoms with Crippen molar-refractivity contribution in [3.63, 3.8) is 0 Å². The molecule has 1 N–H and O–H groups in total. The van der Waals surface area contributed by atoms with Crippen molar-refractivity contribution in [1.29, 1.82) is 0 Å². The molecule has 2 aromatic rings. The first-order valence-electron chi connectivity index (χ1n) is 5.67. The lowest BCUT2D eigenvalue weighted by Crippen LogP contribution is -2.23. The number of carbonyl (C=O) groups is 1. The fraction of sp³-hybridized carbons (Fsp3) is 0.0769. The van der Waals surface area contributed by atoms with Crippen molar-refractivity contribution in [2.24, 2.45) is 4.99 Å². The van der Waals surface area contributed by atoms with Crippen LogP contribution < -0.4 is 10.2 Å². The van der Waals surface area contributed by atoms with E-state index in [2.05, 4.69) is 4.99 Å². The summed E-state index contributed by atoms with van der Waals surface area (Å²) < 4.78 is 42.7. The van der Waals surface area contributed by atoms with Crippen molar-refractivity contribution in [3.05, 3.63) is 59.7 Å². The maximum Gasteiger partial charge on any atom is 0.441 e. The van der Waals surface area contributed by atoms with E-state index in [1.807, 2.05) is 0 Å². The molecule has 0 aliphatic heterocycles. The first-order valence-corrected chi connectivity index (χ1v) is 5.67. The second kappa shape index (κ2) is 5.70.